The van der Waals surface area contributed by atoms with Crippen molar-refractivity contribution in [2.24, 2.45) is 0 Å². The van der Waals surface area contributed by atoms with Gasteiger partial charge in [0.25, 0.3) is 5.56 Å². The number of morpholine rings is 1. The molecule has 0 bridgehead atoms. The fraction of sp³-hybridized carbons (Fsp3) is 0.517. The van der Waals surface area contributed by atoms with Gasteiger partial charge in [-0.3, -0.25) is 14.4 Å². The summed E-state index contributed by atoms with van der Waals surface area (Å²) in [5.74, 6) is -0.377. The topological polar surface area (TPSA) is 94.9 Å². The van der Waals surface area contributed by atoms with E-state index in [1.165, 1.54) is 10.6 Å². The number of Topliss-reactive ketones (excluding diaryl/α,β-unsaturated/α-hetero) is 2. The molecule has 2 heterocycles. The summed E-state index contributed by atoms with van der Waals surface area (Å²) in [7, 11) is 0. The Morgan fingerprint density at radius 1 is 1.08 bits per heavy atom. The third-order valence-electron chi connectivity index (χ3n) is 6.20. The van der Waals surface area contributed by atoms with Gasteiger partial charge in [-0.1, -0.05) is 43.7 Å². The predicted octanol–water partition coefficient (Wildman–Crippen LogP) is 4.87. The van der Waals surface area contributed by atoms with Crippen LogP contribution in [0.25, 0.3) is 0 Å². The number of hydrogen-bond donors (Lipinski definition) is 0. The van der Waals surface area contributed by atoms with Crippen LogP contribution in [0.3, 0.4) is 0 Å². The second kappa shape index (κ2) is 12.8. The maximum atomic E-state index is 13.0. The highest BCUT2D eigenvalue weighted by atomic mass is 16.6. The summed E-state index contributed by atoms with van der Waals surface area (Å²) < 4.78 is 12.7. The summed E-state index contributed by atoms with van der Waals surface area (Å²) in [6.07, 6.45) is 3.73. The van der Waals surface area contributed by atoms with E-state index in [-0.39, 0.29) is 47.9 Å². The largest absolute Gasteiger partial charge is 0.444 e. The molecule has 1 aromatic carbocycles. The molecule has 0 N–H and O–H groups in total. The zero-order valence-electron chi connectivity index (χ0n) is 22.3. The lowest BCUT2D eigenvalue weighted by Gasteiger charge is -2.34. The number of pyridine rings is 1. The number of rotatable bonds is 10. The van der Waals surface area contributed by atoms with Gasteiger partial charge in [0.1, 0.15) is 5.60 Å². The Morgan fingerprint density at radius 2 is 1.81 bits per heavy atom. The molecule has 1 atom stereocenters. The molecule has 1 unspecified atom stereocenters. The van der Waals surface area contributed by atoms with E-state index in [1.807, 2.05) is 51.1 Å². The predicted molar refractivity (Wildman–Crippen MR) is 141 cm³/mol. The highest BCUT2D eigenvalue weighted by Crippen LogP contribution is 2.17. The van der Waals surface area contributed by atoms with Gasteiger partial charge in [-0.05, 0) is 45.2 Å². The molecule has 1 aliphatic rings. The molecular formula is C29H38N2O6. The number of ketones is 2. The molecule has 1 aromatic heterocycles. The first-order valence-electron chi connectivity index (χ1n) is 13.0. The quantitative estimate of drug-likeness (QED) is 0.334. The maximum absolute atomic E-state index is 13.0. The molecule has 37 heavy (non-hydrogen) atoms. The van der Waals surface area contributed by atoms with Crippen LogP contribution in [0, 0.1) is 0 Å². The van der Waals surface area contributed by atoms with Crippen LogP contribution in [-0.4, -0.2) is 58.5 Å². The molecule has 2 aromatic rings. The fourth-order valence-corrected chi connectivity index (χ4v) is 4.26. The number of hydrogen-bond acceptors (Lipinski definition) is 6. The first kappa shape index (κ1) is 28.3. The van der Waals surface area contributed by atoms with E-state index >= 15 is 0 Å². The molecule has 0 saturated carbocycles. The van der Waals surface area contributed by atoms with Gasteiger partial charge in [0.15, 0.2) is 11.6 Å². The van der Waals surface area contributed by atoms with Crippen LogP contribution < -0.4 is 5.56 Å². The van der Waals surface area contributed by atoms with Gasteiger partial charge < -0.3 is 18.9 Å². The van der Waals surface area contributed by atoms with Crippen molar-refractivity contribution in [1.82, 2.24) is 9.47 Å². The highest BCUT2D eigenvalue weighted by Gasteiger charge is 2.28. The van der Waals surface area contributed by atoms with Crippen LogP contribution >= 0.6 is 0 Å². The monoisotopic (exact) mass is 510 g/mol. The van der Waals surface area contributed by atoms with Gasteiger partial charge in [0, 0.05) is 31.1 Å². The molecular weight excluding hydrogens is 472 g/mol. The lowest BCUT2D eigenvalue weighted by Crippen LogP contribution is -2.47. The number of amides is 1. The maximum Gasteiger partial charge on any atom is 0.410 e. The highest BCUT2D eigenvalue weighted by molar-refractivity contribution is 6.00. The van der Waals surface area contributed by atoms with Crippen molar-refractivity contribution in [2.75, 3.05) is 19.7 Å². The Hall–Kier alpha value is -3.26. The van der Waals surface area contributed by atoms with E-state index in [0.29, 0.717) is 38.1 Å². The Labute approximate surface area is 218 Å². The molecule has 1 fully saturated rings. The number of ether oxygens (including phenoxy) is 2. The molecule has 8 nitrogen and oxygen atoms in total. The van der Waals surface area contributed by atoms with Crippen molar-refractivity contribution in [2.45, 2.75) is 78.0 Å². The minimum Gasteiger partial charge on any atom is -0.444 e. The summed E-state index contributed by atoms with van der Waals surface area (Å²) in [5.41, 5.74) is 0.420. The molecule has 200 valence electrons. The van der Waals surface area contributed by atoms with Gasteiger partial charge in [-0.25, -0.2) is 4.79 Å². The summed E-state index contributed by atoms with van der Waals surface area (Å²) in [4.78, 5) is 52.4. The smallest absolute Gasteiger partial charge is 0.410 e. The zero-order chi connectivity index (χ0) is 27.0. The van der Waals surface area contributed by atoms with Crippen LogP contribution in [0.5, 0.6) is 0 Å². The standard InChI is InChI=1S/C29H38N2O6/c1-5-25(32)24-17-22(19-31(27(24)34)18-21-11-7-6-8-12-21)26(33)14-10-9-13-23-20-30(15-16-36-23)28(35)37-29(2,3)4/h6-8,11-12,17,19,23H,5,9-10,13-16,18,20H2,1-4H3. The third kappa shape index (κ3) is 8.39. The van der Waals surface area contributed by atoms with Crippen LogP contribution in [0.4, 0.5) is 4.79 Å². The molecule has 1 amide bonds. The Kier molecular flexibility index (Phi) is 9.80. The number of carbonyl (C=O) groups is 3. The number of unbranched alkanes of at least 4 members (excludes halogenated alkanes) is 1. The Morgan fingerprint density at radius 3 is 2.49 bits per heavy atom. The third-order valence-corrected chi connectivity index (χ3v) is 6.20. The minimum atomic E-state index is -0.545. The minimum absolute atomic E-state index is 0.0575. The van der Waals surface area contributed by atoms with Crippen molar-refractivity contribution >= 4 is 17.7 Å². The van der Waals surface area contributed by atoms with Gasteiger partial charge in [0.2, 0.25) is 0 Å². The molecule has 0 spiro atoms. The molecule has 8 heteroatoms. The van der Waals surface area contributed by atoms with E-state index in [0.717, 1.165) is 18.4 Å². The average molecular weight is 511 g/mol. The summed E-state index contributed by atoms with van der Waals surface area (Å²) >= 11 is 0. The number of nitrogens with zero attached hydrogens (tertiary/aromatic N) is 2. The lowest BCUT2D eigenvalue weighted by atomic mass is 10.0. The zero-order valence-corrected chi connectivity index (χ0v) is 22.3. The number of aromatic nitrogens is 1. The van der Waals surface area contributed by atoms with Crippen LogP contribution in [0.1, 0.15) is 86.1 Å². The molecule has 3 rings (SSSR count). The molecule has 1 aliphatic heterocycles. The van der Waals surface area contributed by atoms with Gasteiger partial charge >= 0.3 is 6.09 Å². The average Bonchev–Trinajstić information content (AvgIpc) is 2.87. The summed E-state index contributed by atoms with van der Waals surface area (Å²) in [5, 5.41) is 0. The molecule has 0 radical (unpaired) electrons. The second-order valence-electron chi connectivity index (χ2n) is 10.4. The SMILES string of the molecule is CCC(=O)c1cc(C(=O)CCCCC2CN(C(=O)OC(C)(C)C)CCO2)cn(Cc2ccccc2)c1=O. The molecule has 1 saturated heterocycles. The van der Waals surface area contributed by atoms with E-state index in [9.17, 15) is 19.2 Å². The first-order valence-corrected chi connectivity index (χ1v) is 13.0. The van der Waals surface area contributed by atoms with E-state index in [4.69, 9.17) is 9.47 Å². The van der Waals surface area contributed by atoms with Gasteiger partial charge in [-0.15, -0.1) is 0 Å². The van der Waals surface area contributed by atoms with Crippen LogP contribution in [0.2, 0.25) is 0 Å². The van der Waals surface area contributed by atoms with Crippen molar-refractivity contribution < 1.29 is 23.9 Å². The Balaban J connectivity index is 1.59. The van der Waals surface area contributed by atoms with Crippen LogP contribution in [0.15, 0.2) is 47.4 Å². The molecule has 0 aliphatic carbocycles. The number of benzene rings is 1. The van der Waals surface area contributed by atoms with E-state index < -0.39 is 5.60 Å². The van der Waals surface area contributed by atoms with Crippen molar-refractivity contribution in [3.05, 3.63) is 69.6 Å². The van der Waals surface area contributed by atoms with Gasteiger partial charge in [0.05, 0.1) is 31.4 Å². The fourth-order valence-electron chi connectivity index (χ4n) is 4.26. The van der Waals surface area contributed by atoms with Crippen molar-refractivity contribution in [3.8, 4) is 0 Å². The normalized spacial score (nSPS) is 15.9. The van der Waals surface area contributed by atoms with Crippen molar-refractivity contribution in [3.63, 3.8) is 0 Å². The van der Waals surface area contributed by atoms with Crippen molar-refractivity contribution in [1.29, 1.82) is 0 Å². The summed E-state index contributed by atoms with van der Waals surface area (Å²) in [6.45, 7) is 8.95. The van der Waals surface area contributed by atoms with E-state index in [1.54, 1.807) is 18.0 Å². The van der Waals surface area contributed by atoms with E-state index in [2.05, 4.69) is 0 Å². The first-order chi connectivity index (χ1) is 17.6. The van der Waals surface area contributed by atoms with Gasteiger partial charge in [-0.2, -0.15) is 0 Å². The lowest BCUT2D eigenvalue weighted by molar-refractivity contribution is -0.0451. The second-order valence-corrected chi connectivity index (χ2v) is 10.4. The summed E-state index contributed by atoms with van der Waals surface area (Å²) in [6, 6.07) is 10.9. The number of carbonyl (C=O) groups excluding carboxylic acids is 3. The Bertz CT molecular complexity index is 1150. The van der Waals surface area contributed by atoms with Crippen LogP contribution in [-0.2, 0) is 16.0 Å².